The van der Waals surface area contributed by atoms with E-state index < -0.39 is 0 Å². The van der Waals surface area contributed by atoms with E-state index >= 15 is 0 Å². The van der Waals surface area contributed by atoms with Crippen molar-refractivity contribution in [1.29, 1.82) is 0 Å². The third-order valence-electron chi connectivity index (χ3n) is 2.55. The second-order valence-corrected chi connectivity index (χ2v) is 3.31. The Morgan fingerprint density at radius 1 is 1.69 bits per heavy atom. The minimum absolute atomic E-state index is 0.0406. The first kappa shape index (κ1) is 8.38. The SMILES string of the molecule is NCC(=O)C1CCc2cccnc21. The Labute approximate surface area is 77.0 Å². The van der Waals surface area contributed by atoms with Gasteiger partial charge >= 0.3 is 0 Å². The van der Waals surface area contributed by atoms with Crippen molar-refractivity contribution in [3.05, 3.63) is 29.6 Å². The molecule has 0 amide bonds. The molecule has 0 aromatic carbocycles. The van der Waals surface area contributed by atoms with Crippen molar-refractivity contribution >= 4 is 5.78 Å². The van der Waals surface area contributed by atoms with Crippen LogP contribution in [0.15, 0.2) is 18.3 Å². The summed E-state index contributed by atoms with van der Waals surface area (Å²) in [5, 5.41) is 0. The van der Waals surface area contributed by atoms with Crippen LogP contribution >= 0.6 is 0 Å². The molecule has 3 nitrogen and oxygen atoms in total. The summed E-state index contributed by atoms with van der Waals surface area (Å²) in [4.78, 5) is 15.6. The number of nitrogens with two attached hydrogens (primary N) is 1. The zero-order valence-electron chi connectivity index (χ0n) is 7.36. The van der Waals surface area contributed by atoms with Gasteiger partial charge in [0.25, 0.3) is 0 Å². The van der Waals surface area contributed by atoms with Crippen molar-refractivity contribution in [3.63, 3.8) is 0 Å². The van der Waals surface area contributed by atoms with Crippen LogP contribution in [0.3, 0.4) is 0 Å². The van der Waals surface area contributed by atoms with Gasteiger partial charge in [-0.1, -0.05) is 6.07 Å². The van der Waals surface area contributed by atoms with Crippen LogP contribution < -0.4 is 5.73 Å². The summed E-state index contributed by atoms with van der Waals surface area (Å²) in [5.41, 5.74) is 7.48. The predicted molar refractivity (Wildman–Crippen MR) is 49.4 cm³/mol. The molecule has 1 aromatic heterocycles. The molecule has 0 saturated carbocycles. The van der Waals surface area contributed by atoms with Crippen LogP contribution in [0.25, 0.3) is 0 Å². The molecular formula is C10H12N2O. The Kier molecular flexibility index (Phi) is 2.10. The Bertz CT molecular complexity index is 335. The van der Waals surface area contributed by atoms with E-state index in [1.54, 1.807) is 6.20 Å². The summed E-state index contributed by atoms with van der Waals surface area (Å²) in [6.45, 7) is 0.126. The van der Waals surface area contributed by atoms with Crippen molar-refractivity contribution < 1.29 is 4.79 Å². The number of carbonyl (C=O) groups excluding carboxylic acids is 1. The van der Waals surface area contributed by atoms with E-state index in [-0.39, 0.29) is 18.2 Å². The van der Waals surface area contributed by atoms with E-state index in [0.29, 0.717) is 0 Å². The number of fused-ring (bicyclic) bond motifs is 1. The van der Waals surface area contributed by atoms with E-state index in [1.165, 1.54) is 5.56 Å². The van der Waals surface area contributed by atoms with Gasteiger partial charge in [0.15, 0.2) is 5.78 Å². The molecule has 13 heavy (non-hydrogen) atoms. The quantitative estimate of drug-likeness (QED) is 0.719. The first-order chi connectivity index (χ1) is 6.33. The van der Waals surface area contributed by atoms with Crippen molar-refractivity contribution in [2.75, 3.05) is 6.54 Å². The van der Waals surface area contributed by atoms with Crippen LogP contribution in [0.4, 0.5) is 0 Å². The van der Waals surface area contributed by atoms with Gasteiger partial charge in [0, 0.05) is 6.20 Å². The highest BCUT2D eigenvalue weighted by molar-refractivity contribution is 5.87. The van der Waals surface area contributed by atoms with Crippen LogP contribution in [-0.2, 0) is 11.2 Å². The number of ketones is 1. The molecule has 0 aliphatic heterocycles. The smallest absolute Gasteiger partial charge is 0.155 e. The lowest BCUT2D eigenvalue weighted by atomic mass is 10.0. The number of hydrogen-bond donors (Lipinski definition) is 1. The number of carbonyl (C=O) groups is 1. The Morgan fingerprint density at radius 3 is 3.31 bits per heavy atom. The fourth-order valence-electron chi connectivity index (χ4n) is 1.87. The third kappa shape index (κ3) is 1.35. The predicted octanol–water partition coefficient (Wildman–Crippen LogP) is 0.639. The van der Waals surface area contributed by atoms with E-state index in [0.717, 1.165) is 18.5 Å². The van der Waals surface area contributed by atoms with Crippen molar-refractivity contribution in [3.8, 4) is 0 Å². The molecule has 0 saturated heterocycles. The van der Waals surface area contributed by atoms with Crippen LogP contribution in [-0.4, -0.2) is 17.3 Å². The number of pyridine rings is 1. The normalized spacial score (nSPS) is 19.9. The van der Waals surface area contributed by atoms with Gasteiger partial charge in [0.1, 0.15) is 0 Å². The summed E-state index contributed by atoms with van der Waals surface area (Å²) >= 11 is 0. The molecule has 0 bridgehead atoms. The van der Waals surface area contributed by atoms with E-state index in [9.17, 15) is 4.79 Å². The maximum Gasteiger partial charge on any atom is 0.155 e. The van der Waals surface area contributed by atoms with Gasteiger partial charge in [-0.15, -0.1) is 0 Å². The molecule has 0 spiro atoms. The van der Waals surface area contributed by atoms with Crippen LogP contribution in [0.2, 0.25) is 0 Å². The Morgan fingerprint density at radius 2 is 2.54 bits per heavy atom. The van der Waals surface area contributed by atoms with Crippen LogP contribution in [0, 0.1) is 0 Å². The van der Waals surface area contributed by atoms with Gasteiger partial charge in [0.05, 0.1) is 18.2 Å². The number of nitrogens with zero attached hydrogens (tertiary/aromatic N) is 1. The Hall–Kier alpha value is -1.22. The number of Topliss-reactive ketones (excluding diaryl/α,β-unsaturated/α-hetero) is 1. The lowest BCUT2D eigenvalue weighted by Gasteiger charge is -2.06. The zero-order valence-corrected chi connectivity index (χ0v) is 7.36. The molecule has 1 atom stereocenters. The number of aryl methyl sites for hydroxylation is 1. The molecule has 1 aromatic rings. The Balaban J connectivity index is 2.33. The lowest BCUT2D eigenvalue weighted by molar-refractivity contribution is -0.119. The summed E-state index contributed by atoms with van der Waals surface area (Å²) < 4.78 is 0. The molecule has 1 aliphatic rings. The molecule has 0 fully saturated rings. The largest absolute Gasteiger partial charge is 0.324 e. The van der Waals surface area contributed by atoms with Crippen LogP contribution in [0.5, 0.6) is 0 Å². The molecule has 3 heteroatoms. The van der Waals surface area contributed by atoms with Gasteiger partial charge in [0.2, 0.25) is 0 Å². The fourth-order valence-corrected chi connectivity index (χ4v) is 1.87. The number of hydrogen-bond acceptors (Lipinski definition) is 3. The highest BCUT2D eigenvalue weighted by atomic mass is 16.1. The zero-order chi connectivity index (χ0) is 9.26. The van der Waals surface area contributed by atoms with Gasteiger partial charge in [-0.25, -0.2) is 0 Å². The molecule has 2 rings (SSSR count). The number of rotatable bonds is 2. The average Bonchev–Trinajstić information content (AvgIpc) is 2.60. The van der Waals surface area contributed by atoms with E-state index in [1.807, 2.05) is 12.1 Å². The maximum absolute atomic E-state index is 11.4. The topological polar surface area (TPSA) is 56.0 Å². The van der Waals surface area contributed by atoms with Gasteiger partial charge in [-0.05, 0) is 24.5 Å². The molecule has 1 aliphatic carbocycles. The second-order valence-electron chi connectivity index (χ2n) is 3.31. The monoisotopic (exact) mass is 176 g/mol. The third-order valence-corrected chi connectivity index (χ3v) is 2.55. The standard InChI is InChI=1S/C10H12N2O/c11-6-9(13)8-4-3-7-2-1-5-12-10(7)8/h1-2,5,8H,3-4,6,11H2. The molecule has 0 radical (unpaired) electrons. The second kappa shape index (κ2) is 3.26. The average molecular weight is 176 g/mol. The summed E-state index contributed by atoms with van der Waals surface area (Å²) in [7, 11) is 0. The van der Waals surface area contributed by atoms with Gasteiger partial charge < -0.3 is 5.73 Å². The summed E-state index contributed by atoms with van der Waals surface area (Å²) in [6, 6.07) is 3.94. The molecule has 1 unspecified atom stereocenters. The minimum atomic E-state index is -0.0406. The summed E-state index contributed by atoms with van der Waals surface area (Å²) in [5.74, 6) is 0.0682. The van der Waals surface area contributed by atoms with Crippen LogP contribution in [0.1, 0.15) is 23.6 Å². The molecule has 1 heterocycles. The molecular weight excluding hydrogens is 164 g/mol. The maximum atomic E-state index is 11.4. The highest BCUT2D eigenvalue weighted by Gasteiger charge is 2.28. The van der Waals surface area contributed by atoms with E-state index in [4.69, 9.17) is 5.73 Å². The van der Waals surface area contributed by atoms with Crippen molar-refractivity contribution in [2.24, 2.45) is 5.73 Å². The lowest BCUT2D eigenvalue weighted by Crippen LogP contribution is -2.20. The first-order valence-corrected chi connectivity index (χ1v) is 4.49. The summed E-state index contributed by atoms with van der Waals surface area (Å²) in [6.07, 6.45) is 3.57. The van der Waals surface area contributed by atoms with E-state index in [2.05, 4.69) is 4.98 Å². The fraction of sp³-hybridized carbons (Fsp3) is 0.400. The highest BCUT2D eigenvalue weighted by Crippen LogP contribution is 2.31. The van der Waals surface area contributed by atoms with Crippen molar-refractivity contribution in [1.82, 2.24) is 4.98 Å². The first-order valence-electron chi connectivity index (χ1n) is 4.49. The molecule has 2 N–H and O–H groups in total. The van der Waals surface area contributed by atoms with Gasteiger partial charge in [-0.3, -0.25) is 9.78 Å². The molecule has 68 valence electrons. The number of aromatic nitrogens is 1. The van der Waals surface area contributed by atoms with Gasteiger partial charge in [-0.2, -0.15) is 0 Å². The van der Waals surface area contributed by atoms with Crippen molar-refractivity contribution in [2.45, 2.75) is 18.8 Å². The minimum Gasteiger partial charge on any atom is -0.324 e.